The zero-order valence-electron chi connectivity index (χ0n) is 8.12. The fraction of sp³-hybridized carbons (Fsp3) is 0.889. The summed E-state index contributed by atoms with van der Waals surface area (Å²) in [5, 5.41) is 0. The van der Waals surface area contributed by atoms with Gasteiger partial charge in [-0.3, -0.25) is 9.69 Å². The first-order chi connectivity index (χ1) is 6.33. The van der Waals surface area contributed by atoms with E-state index >= 15 is 0 Å². The molecule has 0 spiro atoms. The molecule has 0 amide bonds. The molecule has 13 heavy (non-hydrogen) atoms. The summed E-state index contributed by atoms with van der Waals surface area (Å²) in [6.45, 7) is 4.85. The lowest BCUT2D eigenvalue weighted by molar-refractivity contribution is -0.144. The molecule has 0 saturated carbocycles. The maximum atomic E-state index is 11.2. The molecule has 0 radical (unpaired) electrons. The van der Waals surface area contributed by atoms with E-state index in [2.05, 4.69) is 4.90 Å². The van der Waals surface area contributed by atoms with Crippen molar-refractivity contribution in [2.75, 3.05) is 37.7 Å². The molecule has 0 aromatic carbocycles. The summed E-state index contributed by atoms with van der Waals surface area (Å²) in [5.74, 6) is 2.27. The van der Waals surface area contributed by atoms with E-state index in [9.17, 15) is 4.79 Å². The van der Waals surface area contributed by atoms with Crippen molar-refractivity contribution in [3.8, 4) is 0 Å². The molecule has 3 nitrogen and oxygen atoms in total. The Hall–Kier alpha value is -0.220. The highest BCUT2D eigenvalue weighted by molar-refractivity contribution is 7.99. The molecule has 1 saturated heterocycles. The van der Waals surface area contributed by atoms with Crippen molar-refractivity contribution in [1.82, 2.24) is 4.90 Å². The van der Waals surface area contributed by atoms with Crippen LogP contribution in [0.15, 0.2) is 0 Å². The number of rotatable bonds is 3. The number of thioether (sulfide) groups is 1. The van der Waals surface area contributed by atoms with Crippen LogP contribution in [0.4, 0.5) is 0 Å². The van der Waals surface area contributed by atoms with Gasteiger partial charge in [0.25, 0.3) is 0 Å². The van der Waals surface area contributed by atoms with Crippen LogP contribution in [0.5, 0.6) is 0 Å². The van der Waals surface area contributed by atoms with Crippen LogP contribution in [-0.4, -0.2) is 48.6 Å². The van der Waals surface area contributed by atoms with Crippen LogP contribution in [0, 0.1) is 0 Å². The summed E-state index contributed by atoms with van der Waals surface area (Å²) < 4.78 is 4.90. The van der Waals surface area contributed by atoms with Crippen molar-refractivity contribution < 1.29 is 9.53 Å². The Morgan fingerprint density at radius 3 is 3.08 bits per heavy atom. The molecule has 1 aliphatic heterocycles. The third-order valence-electron chi connectivity index (χ3n) is 1.97. The predicted molar refractivity (Wildman–Crippen MR) is 55.0 cm³/mol. The number of nitrogens with zero attached hydrogens (tertiary/aromatic N) is 1. The molecule has 0 bridgehead atoms. The first-order valence-corrected chi connectivity index (χ1v) is 5.94. The number of hydrogen-bond acceptors (Lipinski definition) is 4. The zero-order chi connectivity index (χ0) is 9.52. The maximum Gasteiger partial charge on any atom is 0.320 e. The Labute approximate surface area is 83.8 Å². The van der Waals surface area contributed by atoms with E-state index in [-0.39, 0.29) is 5.97 Å². The first-order valence-electron chi connectivity index (χ1n) is 4.78. The zero-order valence-corrected chi connectivity index (χ0v) is 8.94. The molecular weight excluding hydrogens is 186 g/mol. The molecule has 0 N–H and O–H groups in total. The first kappa shape index (κ1) is 10.9. The average Bonchev–Trinajstić information content (AvgIpc) is 2.33. The average molecular weight is 203 g/mol. The minimum atomic E-state index is -0.0885. The third kappa shape index (κ3) is 4.52. The van der Waals surface area contributed by atoms with Crippen LogP contribution in [0.1, 0.15) is 13.3 Å². The number of carbonyl (C=O) groups is 1. The summed E-state index contributed by atoms with van der Waals surface area (Å²) in [5.41, 5.74) is 0. The minimum absolute atomic E-state index is 0.0885. The van der Waals surface area contributed by atoms with Crippen LogP contribution in [0.3, 0.4) is 0 Å². The van der Waals surface area contributed by atoms with Crippen molar-refractivity contribution in [1.29, 1.82) is 0 Å². The smallest absolute Gasteiger partial charge is 0.320 e. The molecule has 0 unspecified atom stereocenters. The summed E-state index contributed by atoms with van der Waals surface area (Å²) >= 11 is 1.97. The van der Waals surface area contributed by atoms with Gasteiger partial charge in [0.1, 0.15) is 0 Å². The monoisotopic (exact) mass is 203 g/mol. The van der Waals surface area contributed by atoms with Crippen molar-refractivity contribution >= 4 is 17.7 Å². The number of ether oxygens (including phenoxy) is 1. The summed E-state index contributed by atoms with van der Waals surface area (Å²) in [4.78, 5) is 13.3. The summed E-state index contributed by atoms with van der Waals surface area (Å²) in [6, 6.07) is 0. The lowest BCUT2D eigenvalue weighted by Crippen LogP contribution is -2.32. The fourth-order valence-electron chi connectivity index (χ4n) is 1.35. The molecule has 76 valence electrons. The van der Waals surface area contributed by atoms with Crippen LogP contribution < -0.4 is 0 Å². The van der Waals surface area contributed by atoms with Crippen molar-refractivity contribution in [2.45, 2.75) is 13.3 Å². The molecule has 1 fully saturated rings. The van der Waals surface area contributed by atoms with Gasteiger partial charge in [0.15, 0.2) is 0 Å². The second kappa shape index (κ2) is 6.27. The molecule has 0 aromatic rings. The van der Waals surface area contributed by atoms with E-state index in [0.717, 1.165) is 18.8 Å². The van der Waals surface area contributed by atoms with E-state index < -0.39 is 0 Å². The fourth-order valence-corrected chi connectivity index (χ4v) is 2.27. The summed E-state index contributed by atoms with van der Waals surface area (Å²) in [7, 11) is 0. The minimum Gasteiger partial charge on any atom is -0.465 e. The molecule has 0 aromatic heterocycles. The normalized spacial score (nSPS) is 19.5. The molecule has 1 rings (SSSR count). The second-order valence-electron chi connectivity index (χ2n) is 3.05. The van der Waals surface area contributed by atoms with Gasteiger partial charge in [0.2, 0.25) is 0 Å². The Morgan fingerprint density at radius 2 is 2.31 bits per heavy atom. The van der Waals surface area contributed by atoms with Gasteiger partial charge >= 0.3 is 5.97 Å². The Bertz CT molecular complexity index is 156. The maximum absolute atomic E-state index is 11.2. The Morgan fingerprint density at radius 1 is 1.46 bits per heavy atom. The van der Waals surface area contributed by atoms with Gasteiger partial charge < -0.3 is 4.74 Å². The van der Waals surface area contributed by atoms with E-state index in [1.54, 1.807) is 0 Å². The quantitative estimate of drug-likeness (QED) is 0.640. The standard InChI is InChI=1S/C9H17NO2S/c1-2-12-9(11)8-10-4-3-6-13-7-5-10/h2-8H2,1H3. The number of carbonyl (C=O) groups excluding carboxylic acids is 1. The van der Waals surface area contributed by atoms with Gasteiger partial charge in [-0.1, -0.05) is 0 Å². The lowest BCUT2D eigenvalue weighted by atomic mass is 10.4. The van der Waals surface area contributed by atoms with Crippen molar-refractivity contribution in [3.63, 3.8) is 0 Å². The Balaban J connectivity index is 2.21. The molecule has 1 aliphatic rings. The van der Waals surface area contributed by atoms with Crippen LogP contribution in [0.2, 0.25) is 0 Å². The lowest BCUT2D eigenvalue weighted by Gasteiger charge is -2.17. The highest BCUT2D eigenvalue weighted by Gasteiger charge is 2.13. The summed E-state index contributed by atoms with van der Waals surface area (Å²) in [6.07, 6.45) is 1.18. The molecule has 1 heterocycles. The van der Waals surface area contributed by atoms with E-state index in [1.807, 2.05) is 18.7 Å². The Kier molecular flexibility index (Phi) is 5.23. The van der Waals surface area contributed by atoms with Gasteiger partial charge in [0.05, 0.1) is 13.2 Å². The predicted octanol–water partition coefficient (Wildman–Crippen LogP) is 0.988. The van der Waals surface area contributed by atoms with Gasteiger partial charge in [-0.05, 0) is 25.6 Å². The van der Waals surface area contributed by atoms with E-state index in [0.29, 0.717) is 13.2 Å². The van der Waals surface area contributed by atoms with E-state index in [1.165, 1.54) is 12.2 Å². The van der Waals surface area contributed by atoms with Crippen LogP contribution in [0.25, 0.3) is 0 Å². The van der Waals surface area contributed by atoms with Crippen molar-refractivity contribution in [3.05, 3.63) is 0 Å². The van der Waals surface area contributed by atoms with Crippen molar-refractivity contribution in [2.24, 2.45) is 0 Å². The van der Waals surface area contributed by atoms with Gasteiger partial charge in [0, 0.05) is 12.3 Å². The highest BCUT2D eigenvalue weighted by atomic mass is 32.2. The van der Waals surface area contributed by atoms with Gasteiger partial charge in [-0.2, -0.15) is 11.8 Å². The van der Waals surface area contributed by atoms with Crippen LogP contribution in [-0.2, 0) is 9.53 Å². The highest BCUT2D eigenvalue weighted by Crippen LogP contribution is 2.09. The molecule has 0 atom stereocenters. The SMILES string of the molecule is CCOC(=O)CN1CCCSCC1. The number of esters is 1. The van der Waals surface area contributed by atoms with Gasteiger partial charge in [-0.15, -0.1) is 0 Å². The van der Waals surface area contributed by atoms with Gasteiger partial charge in [-0.25, -0.2) is 0 Å². The third-order valence-corrected chi connectivity index (χ3v) is 3.02. The number of hydrogen-bond donors (Lipinski definition) is 0. The molecular formula is C9H17NO2S. The van der Waals surface area contributed by atoms with E-state index in [4.69, 9.17) is 4.74 Å². The largest absolute Gasteiger partial charge is 0.465 e. The molecule has 0 aliphatic carbocycles. The molecule has 4 heteroatoms. The second-order valence-corrected chi connectivity index (χ2v) is 4.27. The van der Waals surface area contributed by atoms with Crippen LogP contribution >= 0.6 is 11.8 Å². The topological polar surface area (TPSA) is 29.5 Å².